The van der Waals surface area contributed by atoms with Crippen LogP contribution in [0.15, 0.2) is 82.8 Å². The van der Waals surface area contributed by atoms with Gasteiger partial charge in [0.25, 0.3) is 15.9 Å². The summed E-state index contributed by atoms with van der Waals surface area (Å²) in [6, 6.07) is 18.4. The van der Waals surface area contributed by atoms with Gasteiger partial charge >= 0.3 is 0 Å². The number of hydrogen-bond donors (Lipinski definition) is 3. The Hall–Kier alpha value is -3.36. The number of rotatable bonds is 6. The number of amides is 1. The summed E-state index contributed by atoms with van der Waals surface area (Å²) in [6.45, 7) is 1.70. The lowest BCUT2D eigenvalue weighted by molar-refractivity contribution is 0.0954. The Morgan fingerprint density at radius 1 is 0.967 bits per heavy atom. The summed E-state index contributed by atoms with van der Waals surface area (Å²) in [5, 5.41) is 13.6. The molecule has 0 heterocycles. The van der Waals surface area contributed by atoms with Crippen LogP contribution in [0.3, 0.4) is 0 Å². The van der Waals surface area contributed by atoms with Gasteiger partial charge in [-0.2, -0.15) is 5.10 Å². The number of carbonyl (C=O) groups excluding carboxylic acids is 1. The van der Waals surface area contributed by atoms with E-state index in [0.29, 0.717) is 11.3 Å². The first-order valence-corrected chi connectivity index (χ1v) is 10.6. The molecule has 0 unspecified atom stereocenters. The molecule has 3 rings (SSSR count). The third-order valence-electron chi connectivity index (χ3n) is 4.13. The van der Waals surface area contributed by atoms with Crippen molar-refractivity contribution >= 4 is 38.9 Å². The maximum atomic E-state index is 12.7. The van der Waals surface area contributed by atoms with Gasteiger partial charge in [0.2, 0.25) is 0 Å². The van der Waals surface area contributed by atoms with E-state index in [1.807, 2.05) is 0 Å². The highest BCUT2D eigenvalue weighted by Gasteiger charge is 2.17. The largest absolute Gasteiger partial charge is 0.508 e. The van der Waals surface area contributed by atoms with Gasteiger partial charge in [0.15, 0.2) is 0 Å². The number of halogens is 1. The number of hydrazone groups is 1. The predicted molar refractivity (Wildman–Crippen MR) is 116 cm³/mol. The van der Waals surface area contributed by atoms with Gasteiger partial charge in [-0.15, -0.1) is 0 Å². The number of phenols is 1. The van der Waals surface area contributed by atoms with Gasteiger partial charge in [-0.1, -0.05) is 29.8 Å². The molecule has 0 aliphatic carbocycles. The van der Waals surface area contributed by atoms with E-state index in [1.54, 1.807) is 37.3 Å². The summed E-state index contributed by atoms with van der Waals surface area (Å²) >= 11 is 6.01. The fraction of sp³-hybridized carbons (Fsp3) is 0.0476. The summed E-state index contributed by atoms with van der Waals surface area (Å²) in [4.78, 5) is 12.3. The molecule has 0 aromatic heterocycles. The van der Waals surface area contributed by atoms with Crippen LogP contribution in [0.2, 0.25) is 5.02 Å². The molecule has 7 nitrogen and oxygen atoms in total. The Kier molecular flexibility index (Phi) is 6.39. The lowest BCUT2D eigenvalue weighted by Gasteiger charge is -2.10. The molecule has 0 spiro atoms. The molecule has 0 aliphatic heterocycles. The van der Waals surface area contributed by atoms with Gasteiger partial charge in [0, 0.05) is 5.56 Å². The highest BCUT2D eigenvalue weighted by molar-refractivity contribution is 7.92. The second-order valence-electron chi connectivity index (χ2n) is 6.30. The molecule has 30 heavy (non-hydrogen) atoms. The molecule has 0 saturated carbocycles. The number of benzene rings is 3. The van der Waals surface area contributed by atoms with Crippen molar-refractivity contribution in [1.82, 2.24) is 5.43 Å². The summed E-state index contributed by atoms with van der Waals surface area (Å²) in [7, 11) is -3.94. The van der Waals surface area contributed by atoms with E-state index < -0.39 is 15.9 Å². The van der Waals surface area contributed by atoms with Gasteiger partial charge in [-0.05, 0) is 67.1 Å². The summed E-state index contributed by atoms with van der Waals surface area (Å²) in [5.41, 5.74) is 4.00. The maximum Gasteiger partial charge on any atom is 0.271 e. The van der Waals surface area contributed by atoms with E-state index >= 15 is 0 Å². The minimum atomic E-state index is -3.94. The van der Waals surface area contributed by atoms with E-state index in [-0.39, 0.29) is 26.9 Å². The third kappa shape index (κ3) is 5.16. The maximum absolute atomic E-state index is 12.7. The van der Waals surface area contributed by atoms with Crippen LogP contribution in [0.1, 0.15) is 22.8 Å². The lowest BCUT2D eigenvalue weighted by atomic mass is 10.1. The molecular weight excluding hydrogens is 426 g/mol. The van der Waals surface area contributed by atoms with Gasteiger partial charge < -0.3 is 5.11 Å². The SMILES string of the molecule is C/C(=N\NC(=O)c1cccc(S(=O)(=O)Nc2ccccc2Cl)c1)c1ccc(O)cc1. The second-order valence-corrected chi connectivity index (χ2v) is 8.39. The molecule has 1 amide bonds. The number of nitrogens with one attached hydrogen (secondary N) is 2. The van der Waals surface area contributed by atoms with E-state index in [9.17, 15) is 18.3 Å². The standard InChI is InChI=1S/C21H18ClN3O4S/c1-14(15-9-11-17(26)12-10-15)23-24-21(27)16-5-4-6-18(13-16)30(28,29)25-20-8-3-2-7-19(20)22/h2-13,25-26H,1H3,(H,24,27)/b23-14+. The van der Waals surface area contributed by atoms with Crippen molar-refractivity contribution in [2.24, 2.45) is 5.10 Å². The average Bonchev–Trinajstić information content (AvgIpc) is 2.74. The summed E-state index contributed by atoms with van der Waals surface area (Å²) in [6.07, 6.45) is 0. The number of sulfonamides is 1. The average molecular weight is 444 g/mol. The Morgan fingerprint density at radius 2 is 1.67 bits per heavy atom. The molecule has 0 atom stereocenters. The molecule has 0 aliphatic rings. The van der Waals surface area contributed by atoms with Crippen LogP contribution in [0.4, 0.5) is 5.69 Å². The van der Waals surface area contributed by atoms with Crippen molar-refractivity contribution in [1.29, 1.82) is 0 Å². The van der Waals surface area contributed by atoms with E-state index in [0.717, 1.165) is 0 Å². The first kappa shape index (κ1) is 21.4. The Morgan fingerprint density at radius 3 is 2.37 bits per heavy atom. The summed E-state index contributed by atoms with van der Waals surface area (Å²) in [5.74, 6) is -0.443. The fourth-order valence-electron chi connectivity index (χ4n) is 2.52. The van der Waals surface area contributed by atoms with Crippen LogP contribution in [0.5, 0.6) is 5.75 Å². The lowest BCUT2D eigenvalue weighted by Crippen LogP contribution is -2.20. The van der Waals surface area contributed by atoms with E-state index in [4.69, 9.17) is 11.6 Å². The number of nitrogens with zero attached hydrogens (tertiary/aromatic N) is 1. The van der Waals surface area contributed by atoms with Gasteiger partial charge in [0.1, 0.15) is 5.75 Å². The predicted octanol–water partition coefficient (Wildman–Crippen LogP) is 4.00. The summed E-state index contributed by atoms with van der Waals surface area (Å²) < 4.78 is 27.7. The molecule has 3 N–H and O–H groups in total. The molecule has 0 fully saturated rings. The van der Waals surface area contributed by atoms with E-state index in [1.165, 1.54) is 42.5 Å². The zero-order valence-electron chi connectivity index (χ0n) is 15.8. The van der Waals surface area contributed by atoms with Crippen LogP contribution in [-0.4, -0.2) is 25.1 Å². The smallest absolute Gasteiger partial charge is 0.271 e. The van der Waals surface area contributed by atoms with Crippen LogP contribution in [0, 0.1) is 0 Å². The van der Waals surface area contributed by atoms with Crippen molar-refractivity contribution in [3.63, 3.8) is 0 Å². The van der Waals surface area contributed by atoms with Gasteiger partial charge in [-0.3, -0.25) is 9.52 Å². The third-order valence-corrected chi connectivity index (χ3v) is 5.83. The number of carbonyl (C=O) groups is 1. The van der Waals surface area contributed by atoms with Crippen molar-refractivity contribution in [2.75, 3.05) is 4.72 Å². The Bertz CT molecular complexity index is 1210. The van der Waals surface area contributed by atoms with Crippen molar-refractivity contribution in [3.05, 3.63) is 88.9 Å². The molecular formula is C21H18ClN3O4S. The normalized spacial score (nSPS) is 11.7. The highest BCUT2D eigenvalue weighted by atomic mass is 35.5. The molecule has 0 radical (unpaired) electrons. The molecule has 3 aromatic carbocycles. The van der Waals surface area contributed by atoms with Gasteiger partial charge in [-0.25, -0.2) is 13.8 Å². The van der Waals surface area contributed by atoms with Gasteiger partial charge in [0.05, 0.1) is 21.3 Å². The Balaban J connectivity index is 1.77. The zero-order chi connectivity index (χ0) is 21.7. The van der Waals surface area contributed by atoms with E-state index in [2.05, 4.69) is 15.2 Å². The second kappa shape index (κ2) is 8.98. The molecule has 0 saturated heterocycles. The minimum Gasteiger partial charge on any atom is -0.508 e. The zero-order valence-corrected chi connectivity index (χ0v) is 17.4. The first-order chi connectivity index (χ1) is 14.3. The number of aromatic hydroxyl groups is 1. The molecule has 3 aromatic rings. The fourth-order valence-corrected chi connectivity index (χ4v) is 3.88. The quantitative estimate of drug-likeness (QED) is 0.395. The van der Waals surface area contributed by atoms with Crippen LogP contribution < -0.4 is 10.1 Å². The topological polar surface area (TPSA) is 108 Å². The number of hydrogen-bond acceptors (Lipinski definition) is 5. The first-order valence-electron chi connectivity index (χ1n) is 8.78. The highest BCUT2D eigenvalue weighted by Crippen LogP contribution is 2.24. The monoisotopic (exact) mass is 443 g/mol. The molecule has 0 bridgehead atoms. The van der Waals surface area contributed by atoms with Crippen LogP contribution in [-0.2, 0) is 10.0 Å². The van der Waals surface area contributed by atoms with Crippen molar-refractivity contribution < 1.29 is 18.3 Å². The van der Waals surface area contributed by atoms with Crippen LogP contribution in [0.25, 0.3) is 0 Å². The number of phenolic OH excluding ortho intramolecular Hbond substituents is 1. The van der Waals surface area contributed by atoms with Crippen LogP contribution >= 0.6 is 11.6 Å². The number of anilines is 1. The molecule has 154 valence electrons. The van der Waals surface area contributed by atoms with Crippen molar-refractivity contribution in [2.45, 2.75) is 11.8 Å². The number of para-hydroxylation sites is 1. The molecule has 9 heteroatoms. The van der Waals surface area contributed by atoms with Crippen molar-refractivity contribution in [3.8, 4) is 5.75 Å². The minimum absolute atomic E-state index is 0.0886. The Labute approximate surface area is 179 Å².